The van der Waals surface area contributed by atoms with Crippen LogP contribution in [0.2, 0.25) is 0 Å². The van der Waals surface area contributed by atoms with Crippen LogP contribution >= 0.6 is 0 Å². The van der Waals surface area contributed by atoms with Crippen molar-refractivity contribution in [1.29, 1.82) is 0 Å². The third kappa shape index (κ3) is 4.96. The van der Waals surface area contributed by atoms with Gasteiger partial charge in [0.05, 0.1) is 16.0 Å². The van der Waals surface area contributed by atoms with E-state index in [0.717, 1.165) is 36.5 Å². The molecular weight excluding hydrogens is 570 g/mol. The molecule has 0 aromatic heterocycles. The molecule has 4 saturated carbocycles. The van der Waals surface area contributed by atoms with Crippen LogP contribution < -0.4 is 5.32 Å². The summed E-state index contributed by atoms with van der Waals surface area (Å²) >= 11 is 0. The summed E-state index contributed by atoms with van der Waals surface area (Å²) in [4.78, 5) is 17.9. The van der Waals surface area contributed by atoms with Crippen LogP contribution in [0.4, 0.5) is 17.6 Å². The van der Waals surface area contributed by atoms with Crippen LogP contribution in [0, 0.1) is 17.2 Å². The highest BCUT2D eigenvalue weighted by molar-refractivity contribution is 7.89. The van der Waals surface area contributed by atoms with Crippen molar-refractivity contribution in [2.45, 2.75) is 100.0 Å². The minimum atomic E-state index is -4.50. The fraction of sp³-hybridized carbons (Fsp3) is 0.548. The second-order valence-electron chi connectivity index (χ2n) is 13.2. The maximum absolute atomic E-state index is 13.9. The van der Waals surface area contributed by atoms with Crippen LogP contribution in [0.5, 0.6) is 0 Å². The van der Waals surface area contributed by atoms with Gasteiger partial charge in [-0.15, -0.1) is 0 Å². The number of halogens is 4. The van der Waals surface area contributed by atoms with Crippen LogP contribution in [0.1, 0.15) is 76.3 Å². The number of carbonyl (C=O) groups excluding carboxylic acids is 1. The average Bonchev–Trinajstić information content (AvgIpc) is 3.15. The molecule has 1 aliphatic heterocycles. The lowest BCUT2D eigenvalue weighted by molar-refractivity contribution is -0.151. The summed E-state index contributed by atoms with van der Waals surface area (Å²) in [5.41, 5.74) is -2.07. The van der Waals surface area contributed by atoms with Crippen molar-refractivity contribution in [1.82, 2.24) is 9.62 Å². The fourth-order valence-electron chi connectivity index (χ4n) is 7.16. The third-order valence-corrected chi connectivity index (χ3v) is 11.7. The largest absolute Gasteiger partial charge is 0.416 e. The molecule has 1 N–H and O–H groups in total. The molecule has 7 rings (SSSR count). The maximum atomic E-state index is 13.9. The summed E-state index contributed by atoms with van der Waals surface area (Å²) in [6.07, 6.45) is 1.93. The first kappa shape index (κ1) is 29.3. The Morgan fingerprint density at radius 1 is 1.02 bits per heavy atom. The number of alkyl halides is 3. The zero-order chi connectivity index (χ0) is 30.1. The van der Waals surface area contributed by atoms with Crippen LogP contribution in [-0.4, -0.2) is 41.5 Å². The standard InChI is InChI=1S/C31H35F4N3O3S/c1-28(2)26(25(39)15-8-20-4-3-5-20)36-27(37-28)29-17-30(18-29,19-29)38(42(40,41)24-13-11-23(32)12-14-24)16-21-6-9-22(10-7-21)31(33,34)35/h6-7,9-14,20,26H,3-5,8,15-19H2,1-2H3,(H,36,37). The number of nitrogens with zero attached hydrogens (tertiary/aromatic N) is 2. The molecule has 0 amide bonds. The van der Waals surface area contributed by atoms with E-state index in [0.29, 0.717) is 37.2 Å². The lowest BCUT2D eigenvalue weighted by atomic mass is 9.38. The van der Waals surface area contributed by atoms with E-state index in [1.807, 2.05) is 13.8 Å². The molecule has 2 aromatic rings. The lowest BCUT2D eigenvalue weighted by Gasteiger charge is -2.73. The number of amidine groups is 1. The van der Waals surface area contributed by atoms with E-state index in [1.165, 1.54) is 47.8 Å². The number of nitrogens with one attached hydrogen (secondary N) is 1. The van der Waals surface area contributed by atoms with Gasteiger partial charge in [0.25, 0.3) is 0 Å². The molecule has 0 saturated heterocycles. The van der Waals surface area contributed by atoms with E-state index < -0.39 is 44.7 Å². The molecule has 1 heterocycles. The highest BCUT2D eigenvalue weighted by Gasteiger charge is 2.75. The predicted molar refractivity (Wildman–Crippen MR) is 150 cm³/mol. The first-order chi connectivity index (χ1) is 19.6. The van der Waals surface area contributed by atoms with Gasteiger partial charge in [-0.25, -0.2) is 12.8 Å². The molecule has 226 valence electrons. The van der Waals surface area contributed by atoms with Crippen molar-refractivity contribution >= 4 is 21.6 Å². The second-order valence-corrected chi connectivity index (χ2v) is 15.1. The van der Waals surface area contributed by atoms with Crippen molar-refractivity contribution in [2.24, 2.45) is 16.3 Å². The Morgan fingerprint density at radius 2 is 1.64 bits per heavy atom. The molecule has 11 heteroatoms. The number of ketones is 1. The lowest BCUT2D eigenvalue weighted by Crippen LogP contribution is -2.78. The first-order valence-electron chi connectivity index (χ1n) is 14.5. The van der Waals surface area contributed by atoms with Gasteiger partial charge in [-0.3, -0.25) is 9.79 Å². The van der Waals surface area contributed by atoms with Crippen LogP contribution in [0.25, 0.3) is 0 Å². The van der Waals surface area contributed by atoms with Crippen LogP contribution in [-0.2, 0) is 27.5 Å². The number of rotatable bonds is 10. The Bertz CT molecular complexity index is 1490. The number of carbonyl (C=O) groups is 1. The molecule has 0 radical (unpaired) electrons. The number of hydrogen-bond donors (Lipinski definition) is 1. The van der Waals surface area contributed by atoms with Gasteiger partial charge >= 0.3 is 6.18 Å². The van der Waals surface area contributed by atoms with Gasteiger partial charge in [0.2, 0.25) is 10.0 Å². The summed E-state index contributed by atoms with van der Waals surface area (Å²) in [6.45, 7) is 3.81. The Kier molecular flexibility index (Phi) is 6.88. The number of benzene rings is 2. The number of Topliss-reactive ketones (excluding diaryl/α,β-unsaturated/α-hetero) is 1. The van der Waals surface area contributed by atoms with Gasteiger partial charge < -0.3 is 5.32 Å². The molecule has 2 aromatic carbocycles. The second kappa shape index (κ2) is 9.87. The molecule has 2 bridgehead atoms. The van der Waals surface area contributed by atoms with Crippen LogP contribution in [0.3, 0.4) is 0 Å². The predicted octanol–water partition coefficient (Wildman–Crippen LogP) is 6.26. The van der Waals surface area contributed by atoms with E-state index in [9.17, 15) is 30.8 Å². The summed E-state index contributed by atoms with van der Waals surface area (Å²) in [6, 6.07) is 8.55. The quantitative estimate of drug-likeness (QED) is 0.325. The third-order valence-electron chi connectivity index (χ3n) is 9.75. The number of hydrogen-bond acceptors (Lipinski definition) is 5. The molecule has 0 spiro atoms. The topological polar surface area (TPSA) is 78.8 Å². The van der Waals surface area contributed by atoms with Gasteiger partial charge in [0.15, 0.2) is 5.78 Å². The molecule has 4 aliphatic carbocycles. The van der Waals surface area contributed by atoms with Gasteiger partial charge in [-0.05, 0) is 87.4 Å². The Morgan fingerprint density at radius 3 is 2.19 bits per heavy atom. The first-order valence-corrected chi connectivity index (χ1v) is 15.9. The van der Waals surface area contributed by atoms with E-state index in [-0.39, 0.29) is 22.6 Å². The number of aliphatic imine (C=N–C) groups is 1. The normalized spacial score (nSPS) is 28.4. The van der Waals surface area contributed by atoms with E-state index in [2.05, 4.69) is 5.32 Å². The van der Waals surface area contributed by atoms with Crippen molar-refractivity contribution in [3.8, 4) is 0 Å². The Balaban J connectivity index is 1.23. The molecular formula is C31H35F4N3O3S. The van der Waals surface area contributed by atoms with Crippen molar-refractivity contribution in [3.05, 3.63) is 65.5 Å². The highest BCUT2D eigenvalue weighted by Crippen LogP contribution is 2.71. The van der Waals surface area contributed by atoms with E-state index in [1.54, 1.807) is 0 Å². The smallest absolute Gasteiger partial charge is 0.366 e. The van der Waals surface area contributed by atoms with Gasteiger partial charge in [0, 0.05) is 23.9 Å². The molecule has 4 fully saturated rings. The fourth-order valence-corrected chi connectivity index (χ4v) is 8.92. The molecule has 42 heavy (non-hydrogen) atoms. The van der Waals surface area contributed by atoms with E-state index >= 15 is 0 Å². The van der Waals surface area contributed by atoms with E-state index in [4.69, 9.17) is 4.99 Å². The Hall–Kier alpha value is -2.79. The maximum Gasteiger partial charge on any atom is 0.416 e. The summed E-state index contributed by atoms with van der Waals surface area (Å²) in [5, 5.41) is 3.47. The van der Waals surface area contributed by atoms with Crippen LogP contribution in [0.15, 0.2) is 58.4 Å². The van der Waals surface area contributed by atoms with Gasteiger partial charge in [-0.2, -0.15) is 17.5 Å². The van der Waals surface area contributed by atoms with Crippen molar-refractivity contribution in [2.75, 3.05) is 0 Å². The zero-order valence-corrected chi connectivity index (χ0v) is 24.5. The SMILES string of the molecule is CC1(C)NC(C23CC(N(Cc4ccc(C(F)(F)F)cc4)S(=O)(=O)c4ccc(F)cc4)(C2)C3)=NC1C(=O)CCC1CCC1. The number of sulfonamides is 1. The summed E-state index contributed by atoms with van der Waals surface area (Å²) in [5.74, 6) is 0.923. The molecule has 5 aliphatic rings. The average molecular weight is 606 g/mol. The Labute approximate surface area is 243 Å². The summed E-state index contributed by atoms with van der Waals surface area (Å²) < 4.78 is 82.2. The van der Waals surface area contributed by atoms with Gasteiger partial charge in [0.1, 0.15) is 17.7 Å². The highest BCUT2D eigenvalue weighted by atomic mass is 32.2. The molecule has 1 atom stereocenters. The minimum Gasteiger partial charge on any atom is -0.366 e. The molecule has 1 unspecified atom stereocenters. The summed E-state index contributed by atoms with van der Waals surface area (Å²) in [7, 11) is -4.12. The monoisotopic (exact) mass is 605 g/mol. The van der Waals surface area contributed by atoms with Gasteiger partial charge in [-0.1, -0.05) is 31.4 Å². The van der Waals surface area contributed by atoms with Crippen molar-refractivity contribution < 1.29 is 30.8 Å². The molecule has 6 nitrogen and oxygen atoms in total. The van der Waals surface area contributed by atoms with Crippen molar-refractivity contribution in [3.63, 3.8) is 0 Å². The zero-order valence-electron chi connectivity index (χ0n) is 23.7. The minimum absolute atomic E-state index is 0.0795.